The molecule has 0 spiro atoms. The molecule has 0 saturated carbocycles. The molecular formula is C8H9N5. The second-order valence-electron chi connectivity index (χ2n) is 2.80. The molecule has 5 heteroatoms. The summed E-state index contributed by atoms with van der Waals surface area (Å²) in [6, 6.07) is 5.63. The Morgan fingerprint density at radius 3 is 2.92 bits per heavy atom. The van der Waals surface area contributed by atoms with E-state index in [-0.39, 0.29) is 0 Å². The largest absolute Gasteiger partial charge is 0.399 e. The Kier molecular flexibility index (Phi) is 1.70. The molecule has 1 heterocycles. The van der Waals surface area contributed by atoms with Crippen molar-refractivity contribution in [1.82, 2.24) is 20.2 Å². The van der Waals surface area contributed by atoms with Gasteiger partial charge in [-0.2, -0.15) is 0 Å². The predicted octanol–water partition coefficient (Wildman–Crippen LogP) is 0.553. The maximum atomic E-state index is 5.65. The van der Waals surface area contributed by atoms with Crippen LogP contribution in [0.1, 0.15) is 5.56 Å². The summed E-state index contributed by atoms with van der Waals surface area (Å²) in [7, 11) is 0. The topological polar surface area (TPSA) is 69.6 Å². The molecule has 0 aliphatic carbocycles. The van der Waals surface area contributed by atoms with E-state index in [2.05, 4.69) is 15.5 Å². The van der Waals surface area contributed by atoms with Gasteiger partial charge >= 0.3 is 0 Å². The number of benzene rings is 1. The summed E-state index contributed by atoms with van der Waals surface area (Å²) < 4.78 is 1.59. The molecule has 0 bridgehead atoms. The van der Waals surface area contributed by atoms with Crippen LogP contribution in [-0.2, 0) is 0 Å². The molecule has 0 atom stereocenters. The fraction of sp³-hybridized carbons (Fsp3) is 0.125. The van der Waals surface area contributed by atoms with Crippen molar-refractivity contribution in [3.05, 3.63) is 30.1 Å². The number of hydrogen-bond donors (Lipinski definition) is 1. The molecule has 2 aromatic rings. The molecule has 0 saturated heterocycles. The van der Waals surface area contributed by atoms with E-state index in [9.17, 15) is 0 Å². The molecule has 2 rings (SSSR count). The smallest absolute Gasteiger partial charge is 0.143 e. The zero-order valence-electron chi connectivity index (χ0n) is 7.18. The fourth-order valence-corrected chi connectivity index (χ4v) is 1.14. The summed E-state index contributed by atoms with van der Waals surface area (Å²) in [6.07, 6.45) is 1.54. The third-order valence-corrected chi connectivity index (χ3v) is 1.83. The SMILES string of the molecule is Cc1ccc(N)cc1-n1cnnn1. The first-order valence-corrected chi connectivity index (χ1v) is 3.87. The van der Waals surface area contributed by atoms with Gasteiger partial charge in [-0.1, -0.05) is 6.07 Å². The number of nitrogens with zero attached hydrogens (tertiary/aromatic N) is 4. The quantitative estimate of drug-likeness (QED) is 0.642. The molecule has 0 aliphatic rings. The minimum Gasteiger partial charge on any atom is -0.399 e. The van der Waals surface area contributed by atoms with E-state index in [1.165, 1.54) is 0 Å². The fourth-order valence-electron chi connectivity index (χ4n) is 1.14. The third-order valence-electron chi connectivity index (χ3n) is 1.83. The molecule has 1 aromatic heterocycles. The molecule has 0 fully saturated rings. The van der Waals surface area contributed by atoms with Crippen molar-refractivity contribution >= 4 is 5.69 Å². The Labute approximate surface area is 75.2 Å². The Hall–Kier alpha value is -1.91. The predicted molar refractivity (Wildman–Crippen MR) is 48.3 cm³/mol. The van der Waals surface area contributed by atoms with Crippen LogP contribution >= 0.6 is 0 Å². The number of tetrazole rings is 1. The summed E-state index contributed by atoms with van der Waals surface area (Å²) in [5.74, 6) is 0. The summed E-state index contributed by atoms with van der Waals surface area (Å²) in [4.78, 5) is 0. The Morgan fingerprint density at radius 1 is 1.38 bits per heavy atom. The zero-order valence-corrected chi connectivity index (χ0v) is 7.18. The van der Waals surface area contributed by atoms with Crippen LogP contribution < -0.4 is 5.73 Å². The summed E-state index contributed by atoms with van der Waals surface area (Å²) in [6.45, 7) is 1.98. The van der Waals surface area contributed by atoms with Crippen molar-refractivity contribution in [2.45, 2.75) is 6.92 Å². The number of anilines is 1. The lowest BCUT2D eigenvalue weighted by Crippen LogP contribution is -1.99. The lowest BCUT2D eigenvalue weighted by atomic mass is 10.2. The maximum Gasteiger partial charge on any atom is 0.143 e. The molecule has 13 heavy (non-hydrogen) atoms. The monoisotopic (exact) mass is 175 g/mol. The van der Waals surface area contributed by atoms with Crippen molar-refractivity contribution in [3.63, 3.8) is 0 Å². The Balaban J connectivity index is 2.57. The molecule has 0 amide bonds. The number of aromatic nitrogens is 4. The van der Waals surface area contributed by atoms with Crippen molar-refractivity contribution in [2.75, 3.05) is 5.73 Å². The van der Waals surface area contributed by atoms with Crippen LogP contribution in [0, 0.1) is 6.92 Å². The first kappa shape index (κ1) is 7.72. The first-order chi connectivity index (χ1) is 6.27. The molecule has 2 N–H and O–H groups in total. The Morgan fingerprint density at radius 2 is 2.23 bits per heavy atom. The summed E-state index contributed by atoms with van der Waals surface area (Å²) >= 11 is 0. The highest BCUT2D eigenvalue weighted by Crippen LogP contribution is 2.15. The number of nitrogens with two attached hydrogens (primary N) is 1. The van der Waals surface area contributed by atoms with Gasteiger partial charge in [-0.05, 0) is 35.0 Å². The normalized spacial score (nSPS) is 10.2. The standard InChI is InChI=1S/C8H9N5/c1-6-2-3-7(9)4-8(6)13-5-10-11-12-13/h2-5H,9H2,1H3. The van der Waals surface area contributed by atoms with Crippen molar-refractivity contribution in [1.29, 1.82) is 0 Å². The molecule has 0 unspecified atom stereocenters. The van der Waals surface area contributed by atoms with E-state index >= 15 is 0 Å². The highest BCUT2D eigenvalue weighted by molar-refractivity contribution is 5.51. The lowest BCUT2D eigenvalue weighted by Gasteiger charge is -2.04. The van der Waals surface area contributed by atoms with Gasteiger partial charge in [-0.25, -0.2) is 4.68 Å². The van der Waals surface area contributed by atoms with Crippen LogP contribution in [0.15, 0.2) is 24.5 Å². The maximum absolute atomic E-state index is 5.65. The van der Waals surface area contributed by atoms with E-state index in [1.54, 1.807) is 11.0 Å². The van der Waals surface area contributed by atoms with Gasteiger partial charge in [0.2, 0.25) is 0 Å². The van der Waals surface area contributed by atoms with E-state index in [0.29, 0.717) is 5.69 Å². The highest BCUT2D eigenvalue weighted by Gasteiger charge is 2.01. The first-order valence-electron chi connectivity index (χ1n) is 3.87. The molecule has 5 nitrogen and oxygen atoms in total. The highest BCUT2D eigenvalue weighted by atomic mass is 15.5. The Bertz CT molecular complexity index is 406. The third kappa shape index (κ3) is 1.35. The zero-order chi connectivity index (χ0) is 9.26. The molecule has 1 aromatic carbocycles. The second kappa shape index (κ2) is 2.85. The van der Waals surface area contributed by atoms with Gasteiger partial charge in [0.25, 0.3) is 0 Å². The van der Waals surface area contributed by atoms with Crippen LogP contribution in [0.3, 0.4) is 0 Å². The minimum absolute atomic E-state index is 0.705. The molecular weight excluding hydrogens is 166 g/mol. The van der Waals surface area contributed by atoms with Gasteiger partial charge in [-0.15, -0.1) is 5.10 Å². The van der Waals surface area contributed by atoms with Crippen LogP contribution in [0.2, 0.25) is 0 Å². The molecule has 0 radical (unpaired) electrons. The van der Waals surface area contributed by atoms with E-state index in [4.69, 9.17) is 5.73 Å². The van der Waals surface area contributed by atoms with Gasteiger partial charge in [0.15, 0.2) is 0 Å². The average Bonchev–Trinajstić information content (AvgIpc) is 2.61. The number of nitrogen functional groups attached to an aromatic ring is 1. The van der Waals surface area contributed by atoms with Crippen LogP contribution in [-0.4, -0.2) is 20.2 Å². The second-order valence-corrected chi connectivity index (χ2v) is 2.80. The van der Waals surface area contributed by atoms with E-state index in [1.807, 2.05) is 25.1 Å². The van der Waals surface area contributed by atoms with Gasteiger partial charge in [-0.3, -0.25) is 0 Å². The van der Waals surface area contributed by atoms with Crippen molar-refractivity contribution in [3.8, 4) is 5.69 Å². The summed E-state index contributed by atoms with van der Waals surface area (Å²) in [5, 5.41) is 10.9. The lowest BCUT2D eigenvalue weighted by molar-refractivity contribution is 0.785. The molecule has 66 valence electrons. The van der Waals surface area contributed by atoms with Gasteiger partial charge < -0.3 is 5.73 Å². The van der Waals surface area contributed by atoms with Crippen LogP contribution in [0.4, 0.5) is 5.69 Å². The van der Waals surface area contributed by atoms with E-state index in [0.717, 1.165) is 11.3 Å². The van der Waals surface area contributed by atoms with Gasteiger partial charge in [0, 0.05) is 5.69 Å². The summed E-state index contributed by atoms with van der Waals surface area (Å²) in [5.41, 5.74) is 8.35. The number of hydrogen-bond acceptors (Lipinski definition) is 4. The van der Waals surface area contributed by atoms with Crippen LogP contribution in [0.5, 0.6) is 0 Å². The van der Waals surface area contributed by atoms with E-state index < -0.39 is 0 Å². The van der Waals surface area contributed by atoms with Crippen molar-refractivity contribution < 1.29 is 0 Å². The van der Waals surface area contributed by atoms with Crippen LogP contribution in [0.25, 0.3) is 5.69 Å². The number of rotatable bonds is 1. The van der Waals surface area contributed by atoms with Crippen molar-refractivity contribution in [2.24, 2.45) is 0 Å². The average molecular weight is 175 g/mol. The molecule has 0 aliphatic heterocycles. The van der Waals surface area contributed by atoms with Gasteiger partial charge in [0.05, 0.1) is 5.69 Å². The number of aryl methyl sites for hydroxylation is 1. The minimum atomic E-state index is 0.705. The van der Waals surface area contributed by atoms with Gasteiger partial charge in [0.1, 0.15) is 6.33 Å².